The van der Waals surface area contributed by atoms with E-state index in [1.165, 1.54) is 0 Å². The molecule has 18 heavy (non-hydrogen) atoms. The summed E-state index contributed by atoms with van der Waals surface area (Å²) in [6.07, 6.45) is 7.35. The van der Waals surface area contributed by atoms with E-state index in [2.05, 4.69) is 5.32 Å². The quantitative estimate of drug-likeness (QED) is 0.827. The fourth-order valence-electron chi connectivity index (χ4n) is 1.73. The third-order valence-corrected chi connectivity index (χ3v) is 2.53. The Hall–Kier alpha value is -2.29. The Morgan fingerprint density at radius 1 is 1.22 bits per heavy atom. The van der Waals surface area contributed by atoms with Crippen LogP contribution in [0.2, 0.25) is 0 Å². The van der Waals surface area contributed by atoms with E-state index in [0.29, 0.717) is 12.3 Å². The van der Waals surface area contributed by atoms with Gasteiger partial charge in [0.2, 0.25) is 0 Å². The molecule has 0 unspecified atom stereocenters. The zero-order valence-electron chi connectivity index (χ0n) is 10.2. The fraction of sp³-hybridized carbons (Fsp3) is 0.133. The number of ether oxygens (including phenoxy) is 1. The number of hydrogen-bond acceptors (Lipinski definition) is 3. The molecule has 1 N–H and O–H groups in total. The lowest BCUT2D eigenvalue weighted by molar-refractivity contribution is -0.138. The molecule has 0 aliphatic carbocycles. The summed E-state index contributed by atoms with van der Waals surface area (Å²) in [4.78, 5) is 11.9. The van der Waals surface area contributed by atoms with Crippen LogP contribution in [0.5, 0.6) is 0 Å². The molecular weight excluding hydrogens is 226 g/mol. The van der Waals surface area contributed by atoms with Gasteiger partial charge in [0.1, 0.15) is 5.70 Å². The van der Waals surface area contributed by atoms with Crippen molar-refractivity contribution in [1.29, 1.82) is 0 Å². The van der Waals surface area contributed by atoms with Crippen LogP contribution in [0.25, 0.3) is 5.57 Å². The van der Waals surface area contributed by atoms with Gasteiger partial charge in [-0.3, -0.25) is 0 Å². The third kappa shape index (κ3) is 2.69. The van der Waals surface area contributed by atoms with Crippen LogP contribution in [-0.2, 0) is 9.53 Å². The lowest BCUT2D eigenvalue weighted by Gasteiger charge is -2.11. The number of hydrogen-bond donors (Lipinski definition) is 1. The zero-order chi connectivity index (χ0) is 12.8. The summed E-state index contributed by atoms with van der Waals surface area (Å²) < 4.78 is 5.06. The van der Waals surface area contributed by atoms with Gasteiger partial charge in [0.05, 0.1) is 6.61 Å². The van der Waals surface area contributed by atoms with Crippen molar-refractivity contribution in [3.8, 4) is 0 Å². The van der Waals surface area contributed by atoms with Gasteiger partial charge < -0.3 is 10.1 Å². The minimum absolute atomic E-state index is 0.340. The minimum Gasteiger partial charge on any atom is -0.461 e. The van der Waals surface area contributed by atoms with Crippen LogP contribution in [-0.4, -0.2) is 12.6 Å². The fourth-order valence-corrected chi connectivity index (χ4v) is 1.73. The van der Waals surface area contributed by atoms with Crippen LogP contribution in [0.1, 0.15) is 12.5 Å². The predicted octanol–water partition coefficient (Wildman–Crippen LogP) is 2.63. The molecule has 3 heteroatoms. The van der Waals surface area contributed by atoms with Crippen LogP contribution < -0.4 is 5.32 Å². The maximum Gasteiger partial charge on any atom is 0.355 e. The first-order chi connectivity index (χ1) is 8.83. The van der Waals surface area contributed by atoms with Crippen molar-refractivity contribution < 1.29 is 9.53 Å². The molecule has 0 amide bonds. The molecular formula is C15H15NO2. The molecule has 0 saturated heterocycles. The Bertz CT molecular complexity index is 513. The van der Waals surface area contributed by atoms with E-state index in [4.69, 9.17) is 4.74 Å². The van der Waals surface area contributed by atoms with Crippen LogP contribution in [0.3, 0.4) is 0 Å². The largest absolute Gasteiger partial charge is 0.461 e. The Morgan fingerprint density at radius 2 is 2.00 bits per heavy atom. The van der Waals surface area contributed by atoms with E-state index in [1.54, 1.807) is 13.1 Å². The summed E-state index contributed by atoms with van der Waals surface area (Å²) in [5.74, 6) is -0.340. The van der Waals surface area contributed by atoms with Crippen LogP contribution in [0.15, 0.2) is 60.5 Å². The summed E-state index contributed by atoms with van der Waals surface area (Å²) in [5.41, 5.74) is 2.28. The van der Waals surface area contributed by atoms with Crippen molar-refractivity contribution in [2.24, 2.45) is 0 Å². The highest BCUT2D eigenvalue weighted by atomic mass is 16.5. The molecule has 0 atom stereocenters. The Balaban J connectivity index is 2.45. The molecule has 1 aliphatic rings. The number of carbonyl (C=O) groups is 1. The average Bonchev–Trinajstić information content (AvgIpc) is 2.65. The zero-order valence-corrected chi connectivity index (χ0v) is 10.2. The Labute approximate surface area is 106 Å². The molecule has 2 rings (SSSR count). The first kappa shape index (κ1) is 12.2. The van der Waals surface area contributed by atoms with Crippen molar-refractivity contribution >= 4 is 11.5 Å². The van der Waals surface area contributed by atoms with Gasteiger partial charge in [-0.25, -0.2) is 4.79 Å². The molecule has 92 valence electrons. The van der Waals surface area contributed by atoms with E-state index in [1.807, 2.05) is 48.6 Å². The lowest BCUT2D eigenvalue weighted by atomic mass is 10.0. The molecule has 0 aromatic heterocycles. The standard InChI is InChI=1S/C15H15NO2/c1-2-18-15(17)14-13(10-6-7-11-16-14)12-8-4-3-5-9-12/h3-11,16H,2H2,1H3. The predicted molar refractivity (Wildman–Crippen MR) is 71.4 cm³/mol. The first-order valence-corrected chi connectivity index (χ1v) is 5.89. The second-order valence-electron chi connectivity index (χ2n) is 3.74. The van der Waals surface area contributed by atoms with Gasteiger partial charge in [0.25, 0.3) is 0 Å². The summed E-state index contributed by atoms with van der Waals surface area (Å²) in [6, 6.07) is 9.76. The summed E-state index contributed by atoms with van der Waals surface area (Å²) >= 11 is 0. The SMILES string of the molecule is CCOC(=O)C1=C(c2ccccc2)C=CC=CN1. The van der Waals surface area contributed by atoms with Gasteiger partial charge >= 0.3 is 5.97 Å². The summed E-state index contributed by atoms with van der Waals surface area (Å²) in [6.45, 7) is 2.16. The van der Waals surface area contributed by atoms with E-state index in [0.717, 1.165) is 11.1 Å². The third-order valence-electron chi connectivity index (χ3n) is 2.53. The maximum absolute atomic E-state index is 11.9. The minimum atomic E-state index is -0.340. The van der Waals surface area contributed by atoms with Gasteiger partial charge in [-0.2, -0.15) is 0 Å². The molecule has 0 fully saturated rings. The smallest absolute Gasteiger partial charge is 0.355 e. The van der Waals surface area contributed by atoms with Crippen LogP contribution >= 0.6 is 0 Å². The number of carbonyl (C=O) groups excluding carboxylic acids is 1. The molecule has 1 aromatic carbocycles. The number of benzene rings is 1. The van der Waals surface area contributed by atoms with Gasteiger partial charge in [0, 0.05) is 11.8 Å². The molecule has 1 aromatic rings. The normalized spacial score (nSPS) is 14.1. The Morgan fingerprint density at radius 3 is 2.72 bits per heavy atom. The molecule has 0 radical (unpaired) electrons. The van der Waals surface area contributed by atoms with E-state index < -0.39 is 0 Å². The van der Waals surface area contributed by atoms with Crippen molar-refractivity contribution in [2.75, 3.05) is 6.61 Å². The van der Waals surface area contributed by atoms with E-state index >= 15 is 0 Å². The molecule has 0 spiro atoms. The highest BCUT2D eigenvalue weighted by Crippen LogP contribution is 2.21. The van der Waals surface area contributed by atoms with Crippen molar-refractivity contribution in [2.45, 2.75) is 6.92 Å². The molecule has 3 nitrogen and oxygen atoms in total. The topological polar surface area (TPSA) is 38.3 Å². The molecule has 1 aliphatic heterocycles. The van der Waals surface area contributed by atoms with Gasteiger partial charge in [-0.05, 0) is 18.6 Å². The van der Waals surface area contributed by atoms with Crippen LogP contribution in [0.4, 0.5) is 0 Å². The monoisotopic (exact) mass is 241 g/mol. The highest BCUT2D eigenvalue weighted by Gasteiger charge is 2.16. The maximum atomic E-state index is 11.9. The van der Waals surface area contributed by atoms with E-state index in [9.17, 15) is 4.79 Å². The number of rotatable bonds is 3. The van der Waals surface area contributed by atoms with Crippen molar-refractivity contribution in [1.82, 2.24) is 5.32 Å². The first-order valence-electron chi connectivity index (χ1n) is 5.89. The van der Waals surface area contributed by atoms with E-state index in [-0.39, 0.29) is 5.97 Å². The van der Waals surface area contributed by atoms with Gasteiger partial charge in [0.15, 0.2) is 0 Å². The number of allylic oxidation sites excluding steroid dienone is 4. The van der Waals surface area contributed by atoms with Crippen molar-refractivity contribution in [3.63, 3.8) is 0 Å². The number of esters is 1. The second-order valence-corrected chi connectivity index (χ2v) is 3.74. The number of nitrogens with one attached hydrogen (secondary N) is 1. The summed E-state index contributed by atoms with van der Waals surface area (Å²) in [7, 11) is 0. The lowest BCUT2D eigenvalue weighted by Crippen LogP contribution is -2.19. The molecule has 1 heterocycles. The average molecular weight is 241 g/mol. The second kappa shape index (κ2) is 5.87. The van der Waals surface area contributed by atoms with Gasteiger partial charge in [-0.15, -0.1) is 0 Å². The summed E-state index contributed by atoms with van der Waals surface area (Å²) in [5, 5.41) is 2.98. The van der Waals surface area contributed by atoms with Gasteiger partial charge in [-0.1, -0.05) is 42.5 Å². The highest BCUT2D eigenvalue weighted by molar-refractivity contribution is 6.00. The van der Waals surface area contributed by atoms with Crippen molar-refractivity contribution in [3.05, 3.63) is 66.0 Å². The molecule has 0 saturated carbocycles. The van der Waals surface area contributed by atoms with Crippen LogP contribution in [0, 0.1) is 0 Å². The Kier molecular flexibility index (Phi) is 3.97. The molecule has 0 bridgehead atoms.